The highest BCUT2D eigenvalue weighted by Crippen LogP contribution is 2.61. The van der Waals surface area contributed by atoms with Gasteiger partial charge in [-0.2, -0.15) is 5.10 Å². The molecule has 2 aromatic rings. The third-order valence-corrected chi connectivity index (χ3v) is 8.46. The van der Waals surface area contributed by atoms with Crippen molar-refractivity contribution < 1.29 is 13.6 Å². The highest BCUT2D eigenvalue weighted by molar-refractivity contribution is 5.93. The molecular weight excluding hydrogens is 398 g/mol. The number of hydrogen-bond donors (Lipinski definition) is 1. The van der Waals surface area contributed by atoms with Crippen LogP contribution in [0.25, 0.3) is 5.65 Å². The smallest absolute Gasteiger partial charge is 0.280 e. The molecular formula is C24H30F2N4O. The summed E-state index contributed by atoms with van der Waals surface area (Å²) >= 11 is 0. The fraction of sp³-hybridized carbons (Fsp3) is 0.708. The number of aromatic nitrogens is 3. The van der Waals surface area contributed by atoms with Crippen LogP contribution >= 0.6 is 0 Å². The van der Waals surface area contributed by atoms with E-state index in [2.05, 4.69) is 22.3 Å². The third kappa shape index (κ3) is 3.26. The molecule has 0 saturated heterocycles. The van der Waals surface area contributed by atoms with E-state index in [1.807, 2.05) is 0 Å². The summed E-state index contributed by atoms with van der Waals surface area (Å²) in [4.78, 5) is 17.7. The molecule has 1 amide bonds. The van der Waals surface area contributed by atoms with Gasteiger partial charge in [-0.1, -0.05) is 6.92 Å². The standard InChI is InChI=1S/C24H30F2N4O/c1-2-20(24-10-13-5-14(11-24)7-15(6-13)12-24)28-23(31)18-9-21-27-17(16-3-4-16)8-19(22(25)26)30(21)29-18/h8-9,13-16,20,22H,2-7,10-12H2,1H3,(H,28,31). The van der Waals surface area contributed by atoms with Gasteiger partial charge in [-0.05, 0) is 87.0 Å². The van der Waals surface area contributed by atoms with Gasteiger partial charge >= 0.3 is 0 Å². The molecule has 5 aliphatic carbocycles. The highest BCUT2D eigenvalue weighted by Gasteiger charge is 2.54. The van der Waals surface area contributed by atoms with Gasteiger partial charge in [-0.3, -0.25) is 4.79 Å². The number of amides is 1. The van der Waals surface area contributed by atoms with E-state index in [1.54, 1.807) is 6.07 Å². The summed E-state index contributed by atoms with van der Waals surface area (Å²) in [6.45, 7) is 2.14. The van der Waals surface area contributed by atoms with E-state index in [0.717, 1.165) is 41.5 Å². The van der Waals surface area contributed by atoms with Gasteiger partial charge in [0.1, 0.15) is 5.69 Å². The highest BCUT2D eigenvalue weighted by atomic mass is 19.3. The van der Waals surface area contributed by atoms with Crippen LogP contribution in [0, 0.1) is 23.2 Å². The van der Waals surface area contributed by atoms with Crippen molar-refractivity contribution in [3.05, 3.63) is 29.2 Å². The van der Waals surface area contributed by atoms with Gasteiger partial charge < -0.3 is 5.32 Å². The van der Waals surface area contributed by atoms with Crippen LogP contribution in [0.3, 0.4) is 0 Å². The zero-order valence-corrected chi connectivity index (χ0v) is 18.0. The second-order valence-electron chi connectivity index (χ2n) is 10.7. The molecule has 1 N–H and O–H groups in total. The third-order valence-electron chi connectivity index (χ3n) is 8.46. The lowest BCUT2D eigenvalue weighted by Gasteiger charge is -2.59. The summed E-state index contributed by atoms with van der Waals surface area (Å²) in [5.41, 5.74) is 1.23. The van der Waals surface area contributed by atoms with Crippen LogP contribution in [0.15, 0.2) is 12.1 Å². The van der Waals surface area contributed by atoms with Crippen LogP contribution in [-0.4, -0.2) is 26.5 Å². The topological polar surface area (TPSA) is 59.3 Å². The van der Waals surface area contributed by atoms with Crippen molar-refractivity contribution in [1.29, 1.82) is 0 Å². The number of halogens is 2. The lowest BCUT2D eigenvalue weighted by atomic mass is 9.47. The summed E-state index contributed by atoms with van der Waals surface area (Å²) in [6.07, 6.45) is 7.92. The average Bonchev–Trinajstić information content (AvgIpc) is 3.48. The Hall–Kier alpha value is -2.05. The molecule has 7 rings (SSSR count). The quantitative estimate of drug-likeness (QED) is 0.682. The van der Waals surface area contributed by atoms with Crippen LogP contribution < -0.4 is 5.32 Å². The molecule has 166 valence electrons. The van der Waals surface area contributed by atoms with Gasteiger partial charge in [-0.15, -0.1) is 0 Å². The van der Waals surface area contributed by atoms with Crippen LogP contribution in [0.5, 0.6) is 0 Å². The van der Waals surface area contributed by atoms with E-state index >= 15 is 0 Å². The number of fused-ring (bicyclic) bond motifs is 1. The molecule has 2 heterocycles. The summed E-state index contributed by atoms with van der Waals surface area (Å²) in [5, 5.41) is 7.52. The summed E-state index contributed by atoms with van der Waals surface area (Å²) in [6, 6.07) is 3.14. The van der Waals surface area contributed by atoms with Crippen molar-refractivity contribution in [2.45, 2.75) is 83.1 Å². The summed E-state index contributed by atoms with van der Waals surface area (Å²) < 4.78 is 28.5. The molecule has 0 spiro atoms. The van der Waals surface area contributed by atoms with E-state index in [9.17, 15) is 13.6 Å². The Morgan fingerprint density at radius 1 is 1.16 bits per heavy atom. The van der Waals surface area contributed by atoms with Crippen LogP contribution in [0.1, 0.15) is 98.9 Å². The zero-order valence-electron chi connectivity index (χ0n) is 18.0. The fourth-order valence-corrected chi connectivity index (χ4v) is 7.40. The first-order chi connectivity index (χ1) is 14.9. The number of carbonyl (C=O) groups excluding carboxylic acids is 1. The largest absolute Gasteiger partial charge is 0.347 e. The van der Waals surface area contributed by atoms with Gasteiger partial charge in [0.2, 0.25) is 0 Å². The number of carbonyl (C=O) groups is 1. The van der Waals surface area contributed by atoms with Crippen molar-refractivity contribution in [3.8, 4) is 0 Å². The molecule has 5 nitrogen and oxygen atoms in total. The number of alkyl halides is 2. The predicted octanol–water partition coefficient (Wildman–Crippen LogP) is 5.27. The Labute approximate surface area is 181 Å². The lowest BCUT2D eigenvalue weighted by molar-refractivity contribution is -0.0727. The Kier molecular flexibility index (Phi) is 4.41. The average molecular weight is 429 g/mol. The molecule has 4 bridgehead atoms. The molecule has 1 atom stereocenters. The van der Waals surface area contributed by atoms with E-state index in [4.69, 9.17) is 0 Å². The van der Waals surface area contributed by atoms with E-state index in [-0.39, 0.29) is 34.7 Å². The minimum Gasteiger partial charge on any atom is -0.347 e. The maximum Gasteiger partial charge on any atom is 0.280 e. The molecule has 5 saturated carbocycles. The minimum atomic E-state index is -2.66. The number of hydrogen-bond acceptors (Lipinski definition) is 3. The normalized spacial score (nSPS) is 32.7. The summed E-state index contributed by atoms with van der Waals surface area (Å²) in [5.74, 6) is 2.43. The molecule has 0 aromatic carbocycles. The minimum absolute atomic E-state index is 0.114. The lowest BCUT2D eigenvalue weighted by Crippen LogP contribution is -2.56. The van der Waals surface area contributed by atoms with E-state index in [0.29, 0.717) is 11.3 Å². The monoisotopic (exact) mass is 428 g/mol. The van der Waals surface area contributed by atoms with Crippen molar-refractivity contribution in [1.82, 2.24) is 19.9 Å². The molecule has 7 heteroatoms. The maximum atomic E-state index is 13.7. The SMILES string of the molecule is CCC(NC(=O)c1cc2nc(C3CC3)cc(C(F)F)n2n1)C12CC3CC(CC(C3)C1)C2. The summed E-state index contributed by atoms with van der Waals surface area (Å²) in [7, 11) is 0. The molecule has 0 aliphatic heterocycles. The van der Waals surface area contributed by atoms with Gasteiger partial charge in [-0.25, -0.2) is 18.3 Å². The first-order valence-corrected chi connectivity index (χ1v) is 11.9. The van der Waals surface area contributed by atoms with Crippen molar-refractivity contribution in [2.75, 3.05) is 0 Å². The Bertz CT molecular complexity index is 993. The molecule has 2 aromatic heterocycles. The Morgan fingerprint density at radius 2 is 1.81 bits per heavy atom. The first-order valence-electron chi connectivity index (χ1n) is 11.9. The van der Waals surface area contributed by atoms with Gasteiger partial charge in [0.05, 0.1) is 0 Å². The maximum absolute atomic E-state index is 13.7. The van der Waals surface area contributed by atoms with Crippen molar-refractivity contribution in [3.63, 3.8) is 0 Å². The number of nitrogens with one attached hydrogen (secondary N) is 1. The zero-order chi connectivity index (χ0) is 21.3. The first kappa shape index (κ1) is 19.6. The Morgan fingerprint density at radius 3 is 2.35 bits per heavy atom. The van der Waals surface area contributed by atoms with E-state index < -0.39 is 6.43 Å². The van der Waals surface area contributed by atoms with Gasteiger partial charge in [0.25, 0.3) is 12.3 Å². The van der Waals surface area contributed by atoms with Crippen LogP contribution in [0.4, 0.5) is 8.78 Å². The van der Waals surface area contributed by atoms with Crippen molar-refractivity contribution >= 4 is 11.6 Å². The van der Waals surface area contributed by atoms with Crippen LogP contribution in [0.2, 0.25) is 0 Å². The molecule has 0 radical (unpaired) electrons. The van der Waals surface area contributed by atoms with Gasteiger partial charge in [0.15, 0.2) is 11.3 Å². The molecule has 31 heavy (non-hydrogen) atoms. The second kappa shape index (κ2) is 6.97. The number of rotatable bonds is 6. The fourth-order valence-electron chi connectivity index (χ4n) is 7.40. The second-order valence-corrected chi connectivity index (χ2v) is 10.7. The van der Waals surface area contributed by atoms with Gasteiger partial charge in [0, 0.05) is 23.7 Å². The number of nitrogens with zero attached hydrogens (tertiary/aromatic N) is 3. The molecule has 5 fully saturated rings. The predicted molar refractivity (Wildman–Crippen MR) is 112 cm³/mol. The Balaban J connectivity index is 1.28. The van der Waals surface area contributed by atoms with Crippen molar-refractivity contribution in [2.24, 2.45) is 23.2 Å². The van der Waals surface area contributed by atoms with E-state index in [1.165, 1.54) is 44.6 Å². The molecule has 1 unspecified atom stereocenters. The van der Waals surface area contributed by atoms with Crippen LogP contribution in [-0.2, 0) is 0 Å². The molecule has 5 aliphatic rings.